The molecular weight excluding hydrogens is 344 g/mol. The molecule has 138 valence electrons. The van der Waals surface area contributed by atoms with Crippen LogP contribution >= 0.6 is 0 Å². The summed E-state index contributed by atoms with van der Waals surface area (Å²) in [7, 11) is 0. The summed E-state index contributed by atoms with van der Waals surface area (Å²) in [6, 6.07) is 14.4. The van der Waals surface area contributed by atoms with Gasteiger partial charge in [0.05, 0.1) is 11.4 Å². The fourth-order valence-electron chi connectivity index (χ4n) is 2.99. The molecule has 1 aromatic heterocycles. The van der Waals surface area contributed by atoms with Crippen LogP contribution in [0.25, 0.3) is 16.9 Å². The summed E-state index contributed by atoms with van der Waals surface area (Å²) in [5.41, 5.74) is 9.74. The van der Waals surface area contributed by atoms with E-state index in [-0.39, 0.29) is 17.9 Å². The Morgan fingerprint density at radius 1 is 1.15 bits per heavy atom. The molecule has 1 heterocycles. The Hall–Kier alpha value is -3.61. The van der Waals surface area contributed by atoms with Gasteiger partial charge in [-0.05, 0) is 36.6 Å². The van der Waals surface area contributed by atoms with Crippen LogP contribution in [-0.4, -0.2) is 26.5 Å². The second-order valence-corrected chi connectivity index (χ2v) is 6.28. The highest BCUT2D eigenvalue weighted by molar-refractivity contribution is 5.95. The van der Waals surface area contributed by atoms with Gasteiger partial charge < -0.3 is 15.8 Å². The quantitative estimate of drug-likeness (QED) is 0.396. The normalized spacial score (nSPS) is 10.7. The van der Waals surface area contributed by atoms with Gasteiger partial charge in [0.15, 0.2) is 0 Å². The molecule has 27 heavy (non-hydrogen) atoms. The van der Waals surface area contributed by atoms with Gasteiger partial charge in [-0.15, -0.1) is 0 Å². The molecule has 7 heteroatoms. The van der Waals surface area contributed by atoms with E-state index in [1.807, 2.05) is 43.3 Å². The van der Waals surface area contributed by atoms with Gasteiger partial charge in [-0.2, -0.15) is 0 Å². The highest BCUT2D eigenvalue weighted by Gasteiger charge is 2.13. The van der Waals surface area contributed by atoms with Gasteiger partial charge in [-0.1, -0.05) is 36.4 Å². The minimum absolute atomic E-state index is 0.00711. The Labute approximate surface area is 155 Å². The van der Waals surface area contributed by atoms with Crippen molar-refractivity contribution in [1.82, 2.24) is 9.55 Å². The number of H-pyrrole nitrogens is 1. The van der Waals surface area contributed by atoms with Gasteiger partial charge in [0, 0.05) is 17.7 Å². The maximum atomic E-state index is 12.5. The molecule has 0 aliphatic carbocycles. The van der Waals surface area contributed by atoms with E-state index in [0.29, 0.717) is 23.4 Å². The molecule has 0 saturated carbocycles. The van der Waals surface area contributed by atoms with Crippen LogP contribution < -0.4 is 11.4 Å². The van der Waals surface area contributed by atoms with Crippen molar-refractivity contribution in [2.45, 2.75) is 19.8 Å². The Balaban J connectivity index is 1.93. The molecule has 3 aromatic rings. The number of carboxylic acids is 1. The van der Waals surface area contributed by atoms with Crippen LogP contribution in [0.15, 0.2) is 53.3 Å². The Kier molecular flexibility index (Phi) is 4.94. The minimum atomic E-state index is -0.836. The molecule has 0 aliphatic heterocycles. The first-order chi connectivity index (χ1) is 12.9. The molecule has 0 spiro atoms. The highest BCUT2D eigenvalue weighted by Crippen LogP contribution is 2.23. The number of carbonyl (C=O) groups is 1. The van der Waals surface area contributed by atoms with Crippen molar-refractivity contribution in [2.24, 2.45) is 5.73 Å². The van der Waals surface area contributed by atoms with Crippen molar-refractivity contribution < 1.29 is 9.90 Å². The maximum absolute atomic E-state index is 12.5. The van der Waals surface area contributed by atoms with E-state index in [2.05, 4.69) is 4.98 Å². The molecule has 3 rings (SSSR count). The lowest BCUT2D eigenvalue weighted by Gasteiger charge is -2.07. The minimum Gasteiger partial charge on any atom is -0.481 e. The number of amidine groups is 1. The number of aromatic nitrogens is 2. The third kappa shape index (κ3) is 3.82. The summed E-state index contributed by atoms with van der Waals surface area (Å²) in [6.45, 7) is 1.85. The molecule has 2 aromatic carbocycles. The van der Waals surface area contributed by atoms with Crippen molar-refractivity contribution >= 4 is 11.8 Å². The summed E-state index contributed by atoms with van der Waals surface area (Å²) >= 11 is 0. The molecule has 0 unspecified atom stereocenters. The molecule has 7 nitrogen and oxygen atoms in total. The first-order valence-electron chi connectivity index (χ1n) is 8.44. The number of nitrogens with one attached hydrogen (secondary N) is 2. The monoisotopic (exact) mass is 364 g/mol. The van der Waals surface area contributed by atoms with Crippen LogP contribution in [0.4, 0.5) is 0 Å². The average Bonchev–Trinajstić information content (AvgIpc) is 2.95. The zero-order chi connectivity index (χ0) is 19.6. The molecule has 0 amide bonds. The van der Waals surface area contributed by atoms with Crippen LogP contribution in [0.1, 0.15) is 23.2 Å². The van der Waals surface area contributed by atoms with E-state index in [1.54, 1.807) is 16.7 Å². The number of carboxylic acid groups (broad SMARTS) is 1. The number of nitrogens with two attached hydrogens (primary N) is 1. The van der Waals surface area contributed by atoms with Crippen LogP contribution in [-0.2, 0) is 11.2 Å². The summed E-state index contributed by atoms with van der Waals surface area (Å²) in [5.74, 6) is -0.843. The second kappa shape index (κ2) is 7.33. The second-order valence-electron chi connectivity index (χ2n) is 6.28. The van der Waals surface area contributed by atoms with E-state index in [1.165, 1.54) is 0 Å². The topological polar surface area (TPSA) is 125 Å². The number of nitrogen functional groups attached to an aromatic ring is 1. The number of nitrogens with zero attached hydrogens (tertiary/aromatic N) is 1. The molecular formula is C20H20N4O3. The van der Waals surface area contributed by atoms with Crippen LogP contribution in [0.5, 0.6) is 0 Å². The number of benzene rings is 2. The Morgan fingerprint density at radius 3 is 2.33 bits per heavy atom. The molecule has 0 fully saturated rings. The number of aromatic amines is 1. The summed E-state index contributed by atoms with van der Waals surface area (Å²) in [5, 5.41) is 16.2. The number of hydrogen-bond acceptors (Lipinski definition) is 3. The maximum Gasteiger partial charge on any atom is 0.330 e. The number of imidazole rings is 1. The van der Waals surface area contributed by atoms with E-state index >= 15 is 0 Å². The fraction of sp³-hybridized carbons (Fsp3) is 0.150. The number of aryl methyl sites for hydroxylation is 1. The SMILES string of the molecule is Cc1c(-c2ccc(C(=N)N)cc2)[nH]c(=O)n1-c1ccc(CCC(=O)O)cc1. The third-order valence-corrected chi connectivity index (χ3v) is 4.44. The first-order valence-corrected chi connectivity index (χ1v) is 8.44. The first kappa shape index (κ1) is 18.2. The Bertz CT molecular complexity index is 1040. The number of hydrogen-bond donors (Lipinski definition) is 4. The lowest BCUT2D eigenvalue weighted by molar-refractivity contribution is -0.136. The number of aliphatic carboxylic acids is 1. The predicted molar refractivity (Wildman–Crippen MR) is 104 cm³/mol. The molecule has 0 aliphatic rings. The fourth-order valence-corrected chi connectivity index (χ4v) is 2.99. The van der Waals surface area contributed by atoms with Gasteiger partial charge in [-0.25, -0.2) is 4.79 Å². The average molecular weight is 364 g/mol. The van der Waals surface area contributed by atoms with Crippen molar-refractivity contribution in [1.29, 1.82) is 5.41 Å². The molecule has 0 radical (unpaired) electrons. The standard InChI is InChI=1S/C20H20N4O3/c1-12-18(14-5-7-15(8-6-14)19(21)22)23-20(27)24(12)16-9-2-13(3-10-16)4-11-17(25)26/h2-3,5-10H,4,11H2,1H3,(H3,21,22)(H,23,27)(H,25,26). The summed E-state index contributed by atoms with van der Waals surface area (Å²) in [6.07, 6.45) is 0.521. The predicted octanol–water partition coefficient (Wildman–Crippen LogP) is 2.44. The zero-order valence-electron chi connectivity index (χ0n) is 14.8. The smallest absolute Gasteiger partial charge is 0.330 e. The summed E-state index contributed by atoms with van der Waals surface area (Å²) in [4.78, 5) is 26.0. The summed E-state index contributed by atoms with van der Waals surface area (Å²) < 4.78 is 1.58. The van der Waals surface area contributed by atoms with Crippen LogP contribution in [0.2, 0.25) is 0 Å². The van der Waals surface area contributed by atoms with E-state index in [9.17, 15) is 9.59 Å². The molecule has 0 saturated heterocycles. The lowest BCUT2D eigenvalue weighted by atomic mass is 10.1. The molecule has 0 bridgehead atoms. The van der Waals surface area contributed by atoms with Crippen molar-refractivity contribution in [3.05, 3.63) is 75.8 Å². The van der Waals surface area contributed by atoms with E-state index in [4.69, 9.17) is 16.2 Å². The van der Waals surface area contributed by atoms with Gasteiger partial charge in [-0.3, -0.25) is 14.8 Å². The number of rotatable bonds is 6. The van der Waals surface area contributed by atoms with Crippen molar-refractivity contribution in [2.75, 3.05) is 0 Å². The van der Waals surface area contributed by atoms with Crippen molar-refractivity contribution in [3.8, 4) is 16.9 Å². The van der Waals surface area contributed by atoms with Gasteiger partial charge >= 0.3 is 11.7 Å². The van der Waals surface area contributed by atoms with Crippen LogP contribution in [0, 0.1) is 12.3 Å². The van der Waals surface area contributed by atoms with Crippen molar-refractivity contribution in [3.63, 3.8) is 0 Å². The third-order valence-electron chi connectivity index (χ3n) is 4.44. The molecule has 5 N–H and O–H groups in total. The van der Waals surface area contributed by atoms with Gasteiger partial charge in [0.25, 0.3) is 0 Å². The highest BCUT2D eigenvalue weighted by atomic mass is 16.4. The van der Waals surface area contributed by atoms with Gasteiger partial charge in [0.1, 0.15) is 5.84 Å². The van der Waals surface area contributed by atoms with E-state index < -0.39 is 5.97 Å². The largest absolute Gasteiger partial charge is 0.481 e. The molecule has 0 atom stereocenters. The lowest BCUT2D eigenvalue weighted by Crippen LogP contribution is -2.15. The zero-order valence-corrected chi connectivity index (χ0v) is 14.8. The van der Waals surface area contributed by atoms with Gasteiger partial charge in [0.2, 0.25) is 0 Å². The van der Waals surface area contributed by atoms with E-state index in [0.717, 1.165) is 16.8 Å². The van der Waals surface area contributed by atoms with Crippen LogP contribution in [0.3, 0.4) is 0 Å². The Morgan fingerprint density at radius 2 is 1.78 bits per heavy atom.